The van der Waals surface area contributed by atoms with Crippen molar-refractivity contribution in [2.75, 3.05) is 19.6 Å². The second-order valence-electron chi connectivity index (χ2n) is 8.97. The number of carbonyl (C=O) groups excluding carboxylic acids is 1. The fraction of sp³-hybridized carbons (Fsp3) is 0.962. The number of rotatable bonds is 24. The Labute approximate surface area is 232 Å². The summed E-state index contributed by atoms with van der Waals surface area (Å²) in [5.74, 6) is -0.906. The van der Waals surface area contributed by atoms with Crippen molar-refractivity contribution in [3.05, 3.63) is 0 Å². The number of aliphatic carboxylic acids is 1. The van der Waals surface area contributed by atoms with Crippen LogP contribution in [0.25, 0.3) is 0 Å². The van der Waals surface area contributed by atoms with Gasteiger partial charge in [0.2, 0.25) is 0 Å². The van der Waals surface area contributed by atoms with E-state index in [1.165, 1.54) is 116 Å². The summed E-state index contributed by atoms with van der Waals surface area (Å²) < 4.78 is 0. The Morgan fingerprint density at radius 3 is 1.17 bits per heavy atom. The van der Waals surface area contributed by atoms with Crippen LogP contribution in [0, 0.1) is 0 Å². The molecule has 0 aliphatic heterocycles. The molecule has 0 N–H and O–H groups in total. The summed E-state index contributed by atoms with van der Waals surface area (Å²) >= 11 is 0. The van der Waals surface area contributed by atoms with Crippen molar-refractivity contribution in [2.45, 2.75) is 142 Å². The van der Waals surface area contributed by atoms with Crippen molar-refractivity contribution in [1.82, 2.24) is 4.90 Å². The molecule has 3 nitrogen and oxygen atoms in total. The molecule has 174 valence electrons. The second kappa shape index (κ2) is 28.1. The van der Waals surface area contributed by atoms with E-state index in [9.17, 15) is 9.90 Å². The molecule has 0 rings (SSSR count). The molecule has 0 spiro atoms. The van der Waals surface area contributed by atoms with Gasteiger partial charge in [-0.05, 0) is 45.3 Å². The Hall–Kier alpha value is 1.07. The number of hydrogen-bond acceptors (Lipinski definition) is 3. The van der Waals surface area contributed by atoms with E-state index in [-0.39, 0.29) is 57.8 Å². The summed E-state index contributed by atoms with van der Waals surface area (Å²) in [7, 11) is 0. The molecule has 30 heavy (non-hydrogen) atoms. The van der Waals surface area contributed by atoms with E-state index in [0.29, 0.717) is 0 Å². The molecule has 0 fully saturated rings. The SMILES string of the molecule is CCCCCCCCCCCN(CCCCCCCCCCC)CCCC(=O)[O-].[K+]. The van der Waals surface area contributed by atoms with Crippen LogP contribution >= 0.6 is 0 Å². The maximum Gasteiger partial charge on any atom is 1.00 e. The standard InChI is InChI=1S/C26H53NO2.K/c1-3-5-7-9-11-13-15-17-19-23-27(25-21-22-26(28)29)24-20-18-16-14-12-10-8-6-4-2;/h3-25H2,1-2H3,(H,28,29);/q;+1/p-1. The van der Waals surface area contributed by atoms with Crippen molar-refractivity contribution in [3.8, 4) is 0 Å². The van der Waals surface area contributed by atoms with Gasteiger partial charge < -0.3 is 14.8 Å². The number of carbonyl (C=O) groups is 1. The Morgan fingerprint density at radius 2 is 0.833 bits per heavy atom. The Bertz CT molecular complexity index is 317. The first-order valence-corrected chi connectivity index (χ1v) is 13.1. The Balaban J connectivity index is 0. The van der Waals surface area contributed by atoms with E-state index in [2.05, 4.69) is 18.7 Å². The smallest absolute Gasteiger partial charge is 0.550 e. The van der Waals surface area contributed by atoms with Gasteiger partial charge in [-0.3, -0.25) is 0 Å². The average molecular weight is 450 g/mol. The van der Waals surface area contributed by atoms with Crippen LogP contribution < -0.4 is 56.5 Å². The van der Waals surface area contributed by atoms with Gasteiger partial charge in [-0.25, -0.2) is 0 Å². The zero-order valence-electron chi connectivity index (χ0n) is 21.0. The van der Waals surface area contributed by atoms with Crippen LogP contribution in [0.5, 0.6) is 0 Å². The van der Waals surface area contributed by atoms with Crippen LogP contribution in [0.1, 0.15) is 142 Å². The topological polar surface area (TPSA) is 43.4 Å². The molecule has 0 atom stereocenters. The first-order chi connectivity index (χ1) is 14.2. The Kier molecular flexibility index (Phi) is 31.1. The number of hydrogen-bond donors (Lipinski definition) is 0. The second-order valence-corrected chi connectivity index (χ2v) is 8.97. The largest absolute Gasteiger partial charge is 1.00 e. The quantitative estimate of drug-likeness (QED) is 0.166. The van der Waals surface area contributed by atoms with E-state index in [4.69, 9.17) is 0 Å². The van der Waals surface area contributed by atoms with Crippen molar-refractivity contribution in [2.24, 2.45) is 0 Å². The van der Waals surface area contributed by atoms with Crippen LogP contribution in [-0.2, 0) is 4.79 Å². The fourth-order valence-electron chi connectivity index (χ4n) is 4.07. The molecule has 0 aromatic carbocycles. The third kappa shape index (κ3) is 27.1. The number of unbranched alkanes of at least 4 members (excludes halogenated alkanes) is 16. The molecule has 0 aliphatic carbocycles. The van der Waals surface area contributed by atoms with Gasteiger partial charge >= 0.3 is 51.4 Å². The summed E-state index contributed by atoms with van der Waals surface area (Å²) in [5, 5.41) is 10.7. The molecule has 0 amide bonds. The first kappa shape index (κ1) is 33.2. The van der Waals surface area contributed by atoms with Crippen molar-refractivity contribution in [1.29, 1.82) is 0 Å². The summed E-state index contributed by atoms with van der Waals surface area (Å²) in [6, 6.07) is 0. The summed E-state index contributed by atoms with van der Waals surface area (Å²) in [5.41, 5.74) is 0. The molecule has 4 heteroatoms. The molecule has 0 radical (unpaired) electrons. The minimum atomic E-state index is -0.906. The van der Waals surface area contributed by atoms with Crippen molar-refractivity contribution < 1.29 is 61.3 Å². The van der Waals surface area contributed by atoms with Gasteiger partial charge in [0.05, 0.1) is 0 Å². The van der Waals surface area contributed by atoms with Gasteiger partial charge in [-0.15, -0.1) is 0 Å². The molecular weight excluding hydrogens is 397 g/mol. The van der Waals surface area contributed by atoms with Gasteiger partial charge in [-0.1, -0.05) is 117 Å². The predicted octanol–water partition coefficient (Wildman–Crippen LogP) is 3.88. The number of nitrogens with zero attached hydrogens (tertiary/aromatic N) is 1. The van der Waals surface area contributed by atoms with Crippen molar-refractivity contribution >= 4 is 5.97 Å². The summed E-state index contributed by atoms with van der Waals surface area (Å²) in [6.45, 7) is 7.74. The average Bonchev–Trinajstić information content (AvgIpc) is 2.70. The van der Waals surface area contributed by atoms with Crippen LogP contribution in [0.15, 0.2) is 0 Å². The summed E-state index contributed by atoms with van der Waals surface area (Å²) in [4.78, 5) is 13.2. The molecule has 0 saturated carbocycles. The molecule has 0 saturated heterocycles. The number of carboxylic acids is 1. The maximum atomic E-state index is 10.7. The normalized spacial score (nSPS) is 11.0. The molecule has 0 bridgehead atoms. The van der Waals surface area contributed by atoms with Crippen LogP contribution in [0.4, 0.5) is 0 Å². The molecule has 0 aromatic rings. The Morgan fingerprint density at radius 1 is 0.533 bits per heavy atom. The zero-order chi connectivity index (χ0) is 21.4. The third-order valence-corrected chi connectivity index (χ3v) is 6.01. The van der Waals surface area contributed by atoms with Gasteiger partial charge in [0, 0.05) is 5.97 Å². The van der Waals surface area contributed by atoms with E-state index in [1.807, 2.05) is 0 Å². The summed E-state index contributed by atoms with van der Waals surface area (Å²) in [6.07, 6.45) is 25.4. The van der Waals surface area contributed by atoms with E-state index in [1.54, 1.807) is 0 Å². The van der Waals surface area contributed by atoms with Crippen LogP contribution in [0.3, 0.4) is 0 Å². The van der Waals surface area contributed by atoms with E-state index >= 15 is 0 Å². The first-order valence-electron chi connectivity index (χ1n) is 13.1. The van der Waals surface area contributed by atoms with E-state index in [0.717, 1.165) is 26.1 Å². The predicted molar refractivity (Wildman–Crippen MR) is 125 cm³/mol. The minimum Gasteiger partial charge on any atom is -0.550 e. The zero-order valence-corrected chi connectivity index (χ0v) is 24.2. The number of carboxylic acid groups (broad SMARTS) is 1. The molecule has 0 heterocycles. The maximum absolute atomic E-state index is 10.7. The van der Waals surface area contributed by atoms with Crippen LogP contribution in [-0.4, -0.2) is 30.5 Å². The van der Waals surface area contributed by atoms with E-state index < -0.39 is 5.97 Å². The van der Waals surface area contributed by atoms with Gasteiger partial charge in [0.1, 0.15) is 0 Å². The van der Waals surface area contributed by atoms with Gasteiger partial charge in [0.15, 0.2) is 0 Å². The van der Waals surface area contributed by atoms with Gasteiger partial charge in [0.25, 0.3) is 0 Å². The molecular formula is C26H52KNO2. The molecule has 0 aliphatic rings. The molecule has 0 aromatic heterocycles. The van der Waals surface area contributed by atoms with Crippen molar-refractivity contribution in [3.63, 3.8) is 0 Å². The molecule has 0 unspecified atom stereocenters. The minimum absolute atomic E-state index is 0. The fourth-order valence-corrected chi connectivity index (χ4v) is 4.07. The monoisotopic (exact) mass is 449 g/mol. The van der Waals surface area contributed by atoms with Crippen LogP contribution in [0.2, 0.25) is 0 Å². The van der Waals surface area contributed by atoms with Gasteiger partial charge in [-0.2, -0.15) is 0 Å². The third-order valence-electron chi connectivity index (χ3n) is 6.01.